The van der Waals surface area contributed by atoms with E-state index in [0.717, 1.165) is 19.3 Å². The van der Waals surface area contributed by atoms with E-state index in [9.17, 15) is 9.59 Å². The summed E-state index contributed by atoms with van der Waals surface area (Å²) < 4.78 is 5.47. The predicted octanol–water partition coefficient (Wildman–Crippen LogP) is 1.71. The van der Waals surface area contributed by atoms with Gasteiger partial charge < -0.3 is 15.0 Å². The lowest BCUT2D eigenvalue weighted by Crippen LogP contribution is -2.64. The highest BCUT2D eigenvalue weighted by Gasteiger charge is 2.41. The molecule has 0 aromatic rings. The zero-order chi connectivity index (χ0) is 15.2. The van der Waals surface area contributed by atoms with Crippen molar-refractivity contribution in [3.05, 3.63) is 0 Å². The first-order valence-corrected chi connectivity index (χ1v) is 8.33. The Morgan fingerprint density at radius 1 is 1.19 bits per heavy atom. The van der Waals surface area contributed by atoms with Crippen molar-refractivity contribution < 1.29 is 14.3 Å². The number of hydrogen-bond donors (Lipinski definition) is 1. The Bertz CT molecular complexity index is 367. The molecule has 1 saturated carbocycles. The summed E-state index contributed by atoms with van der Waals surface area (Å²) in [6, 6.07) is -0.706. The standard InChI is InChI=1S/C16H28N2O3/c1-3-10-21-11-9-18-12(2)15(19)17-14(16(18)20)13-7-5-4-6-8-13/h12-14H,3-11H2,1-2H3,(H,17,19). The molecule has 0 aromatic carbocycles. The van der Waals surface area contributed by atoms with E-state index in [-0.39, 0.29) is 23.9 Å². The molecule has 1 heterocycles. The fraction of sp³-hybridized carbons (Fsp3) is 0.875. The van der Waals surface area contributed by atoms with Gasteiger partial charge in [0, 0.05) is 13.2 Å². The van der Waals surface area contributed by atoms with Crippen molar-refractivity contribution in [1.29, 1.82) is 0 Å². The van der Waals surface area contributed by atoms with Gasteiger partial charge in [-0.05, 0) is 32.1 Å². The summed E-state index contributed by atoms with van der Waals surface area (Å²) in [4.78, 5) is 26.5. The smallest absolute Gasteiger partial charge is 0.246 e. The van der Waals surface area contributed by atoms with Gasteiger partial charge in [0.05, 0.1) is 6.61 Å². The molecule has 0 radical (unpaired) electrons. The average molecular weight is 296 g/mol. The molecule has 21 heavy (non-hydrogen) atoms. The molecule has 120 valence electrons. The molecule has 1 aliphatic heterocycles. The highest BCUT2D eigenvalue weighted by atomic mass is 16.5. The van der Waals surface area contributed by atoms with E-state index < -0.39 is 0 Å². The Balaban J connectivity index is 1.97. The van der Waals surface area contributed by atoms with Crippen LogP contribution in [0.2, 0.25) is 0 Å². The van der Waals surface area contributed by atoms with Crippen LogP contribution in [-0.2, 0) is 14.3 Å². The third-order valence-electron chi connectivity index (χ3n) is 4.64. The van der Waals surface area contributed by atoms with Gasteiger partial charge in [0.15, 0.2) is 0 Å². The Kier molecular flexibility index (Phi) is 6.03. The van der Waals surface area contributed by atoms with Crippen molar-refractivity contribution in [2.24, 2.45) is 5.92 Å². The van der Waals surface area contributed by atoms with Crippen LogP contribution < -0.4 is 5.32 Å². The van der Waals surface area contributed by atoms with E-state index in [0.29, 0.717) is 25.7 Å². The second kappa shape index (κ2) is 7.78. The number of piperazine rings is 1. The van der Waals surface area contributed by atoms with Crippen LogP contribution in [0.4, 0.5) is 0 Å². The van der Waals surface area contributed by atoms with Crippen LogP contribution in [0.15, 0.2) is 0 Å². The molecule has 0 bridgehead atoms. The van der Waals surface area contributed by atoms with Gasteiger partial charge in [-0.25, -0.2) is 0 Å². The van der Waals surface area contributed by atoms with Crippen LogP contribution in [0.1, 0.15) is 52.4 Å². The molecule has 2 fully saturated rings. The topological polar surface area (TPSA) is 58.6 Å². The second-order valence-electron chi connectivity index (χ2n) is 6.20. The van der Waals surface area contributed by atoms with Crippen molar-refractivity contribution >= 4 is 11.8 Å². The van der Waals surface area contributed by atoms with Crippen LogP contribution in [0, 0.1) is 5.92 Å². The number of carbonyl (C=O) groups is 2. The fourth-order valence-electron chi connectivity index (χ4n) is 3.35. The molecule has 2 amide bonds. The van der Waals surface area contributed by atoms with E-state index in [1.807, 2.05) is 0 Å². The van der Waals surface area contributed by atoms with Crippen LogP contribution in [0.3, 0.4) is 0 Å². The molecular formula is C16H28N2O3. The summed E-state index contributed by atoms with van der Waals surface area (Å²) in [6.07, 6.45) is 6.64. The van der Waals surface area contributed by atoms with Gasteiger partial charge in [-0.2, -0.15) is 0 Å². The van der Waals surface area contributed by atoms with Crippen LogP contribution in [0.5, 0.6) is 0 Å². The molecule has 1 saturated heterocycles. The first-order valence-electron chi connectivity index (χ1n) is 8.33. The summed E-state index contributed by atoms with van der Waals surface area (Å²) in [7, 11) is 0. The predicted molar refractivity (Wildman–Crippen MR) is 80.8 cm³/mol. The minimum absolute atomic E-state index is 0.0272. The maximum absolute atomic E-state index is 12.7. The van der Waals surface area contributed by atoms with Gasteiger partial charge in [-0.1, -0.05) is 26.2 Å². The normalized spacial score (nSPS) is 27.8. The third-order valence-corrected chi connectivity index (χ3v) is 4.64. The summed E-state index contributed by atoms with van der Waals surface area (Å²) in [6.45, 7) is 5.57. The lowest BCUT2D eigenvalue weighted by molar-refractivity contribution is -0.151. The number of amides is 2. The van der Waals surface area contributed by atoms with Gasteiger partial charge in [0.25, 0.3) is 0 Å². The highest BCUT2D eigenvalue weighted by molar-refractivity contribution is 5.96. The number of carbonyl (C=O) groups excluding carboxylic acids is 2. The zero-order valence-electron chi connectivity index (χ0n) is 13.3. The highest BCUT2D eigenvalue weighted by Crippen LogP contribution is 2.29. The lowest BCUT2D eigenvalue weighted by atomic mass is 9.82. The van der Waals surface area contributed by atoms with Gasteiger partial charge in [-0.3, -0.25) is 9.59 Å². The first-order chi connectivity index (χ1) is 10.1. The Morgan fingerprint density at radius 2 is 1.90 bits per heavy atom. The number of ether oxygens (including phenoxy) is 1. The summed E-state index contributed by atoms with van der Waals surface area (Å²) in [5.74, 6) is 0.358. The molecule has 1 aliphatic carbocycles. The Labute approximate surface area is 127 Å². The van der Waals surface area contributed by atoms with E-state index in [2.05, 4.69) is 12.2 Å². The van der Waals surface area contributed by atoms with E-state index in [1.54, 1.807) is 11.8 Å². The molecule has 5 heteroatoms. The number of nitrogens with zero attached hydrogens (tertiary/aromatic N) is 1. The molecular weight excluding hydrogens is 268 g/mol. The van der Waals surface area contributed by atoms with Gasteiger partial charge >= 0.3 is 0 Å². The largest absolute Gasteiger partial charge is 0.380 e. The molecule has 2 rings (SSSR count). The number of rotatable bonds is 6. The quantitative estimate of drug-likeness (QED) is 0.759. The third kappa shape index (κ3) is 3.96. The minimum atomic E-state index is -0.387. The summed E-state index contributed by atoms with van der Waals surface area (Å²) in [5.41, 5.74) is 0. The zero-order valence-corrected chi connectivity index (χ0v) is 13.3. The van der Waals surface area contributed by atoms with Crippen molar-refractivity contribution in [2.75, 3.05) is 19.8 Å². The molecule has 2 unspecified atom stereocenters. The lowest BCUT2D eigenvalue weighted by Gasteiger charge is -2.41. The Morgan fingerprint density at radius 3 is 2.57 bits per heavy atom. The first kappa shape index (κ1) is 16.3. The van der Waals surface area contributed by atoms with Crippen LogP contribution in [0.25, 0.3) is 0 Å². The maximum Gasteiger partial charge on any atom is 0.246 e. The van der Waals surface area contributed by atoms with Crippen LogP contribution >= 0.6 is 0 Å². The van der Waals surface area contributed by atoms with E-state index >= 15 is 0 Å². The van der Waals surface area contributed by atoms with Crippen molar-refractivity contribution in [2.45, 2.75) is 64.5 Å². The van der Waals surface area contributed by atoms with E-state index in [1.165, 1.54) is 19.3 Å². The maximum atomic E-state index is 12.7. The fourth-order valence-corrected chi connectivity index (χ4v) is 3.35. The van der Waals surface area contributed by atoms with Crippen molar-refractivity contribution in [3.63, 3.8) is 0 Å². The van der Waals surface area contributed by atoms with E-state index in [4.69, 9.17) is 4.74 Å². The second-order valence-corrected chi connectivity index (χ2v) is 6.20. The molecule has 1 N–H and O–H groups in total. The molecule has 2 atom stereocenters. The molecule has 0 aromatic heterocycles. The van der Waals surface area contributed by atoms with Gasteiger partial charge in [-0.15, -0.1) is 0 Å². The monoisotopic (exact) mass is 296 g/mol. The Hall–Kier alpha value is -1.10. The SMILES string of the molecule is CCCOCCN1C(=O)C(C2CCCCC2)NC(=O)C1C. The summed E-state index contributed by atoms with van der Waals surface area (Å²) in [5, 5.41) is 2.95. The van der Waals surface area contributed by atoms with Crippen molar-refractivity contribution in [3.8, 4) is 0 Å². The summed E-state index contributed by atoms with van der Waals surface area (Å²) >= 11 is 0. The van der Waals surface area contributed by atoms with Gasteiger partial charge in [0.1, 0.15) is 12.1 Å². The molecule has 0 spiro atoms. The van der Waals surface area contributed by atoms with Crippen LogP contribution in [-0.4, -0.2) is 48.6 Å². The number of hydrogen-bond acceptors (Lipinski definition) is 3. The average Bonchev–Trinajstić information content (AvgIpc) is 2.51. The molecule has 5 nitrogen and oxygen atoms in total. The van der Waals surface area contributed by atoms with Crippen molar-refractivity contribution in [1.82, 2.24) is 10.2 Å². The minimum Gasteiger partial charge on any atom is -0.380 e. The van der Waals surface area contributed by atoms with Gasteiger partial charge in [0.2, 0.25) is 11.8 Å². The number of nitrogens with one attached hydrogen (secondary N) is 1. The molecule has 2 aliphatic rings.